The van der Waals surface area contributed by atoms with Crippen molar-refractivity contribution >= 4 is 6.08 Å². The zero-order valence-electron chi connectivity index (χ0n) is 19.3. The summed E-state index contributed by atoms with van der Waals surface area (Å²) in [4.78, 5) is 0. The molecule has 0 unspecified atom stereocenters. The fourth-order valence-electron chi connectivity index (χ4n) is 3.79. The predicted molar refractivity (Wildman–Crippen MR) is 117 cm³/mol. The molecule has 3 rings (SSSR count). The quantitative estimate of drug-likeness (QED) is 0.175. The smallest absolute Gasteiger partial charge is 0.229 e. The normalized spacial score (nSPS) is 35.4. The Morgan fingerprint density at radius 1 is 1.03 bits per heavy atom. The van der Waals surface area contributed by atoms with Gasteiger partial charge in [-0.2, -0.15) is 0 Å². The van der Waals surface area contributed by atoms with Gasteiger partial charge in [0.15, 0.2) is 17.8 Å². The minimum absolute atomic E-state index is 0.0406. The van der Waals surface area contributed by atoms with E-state index in [2.05, 4.69) is 0 Å². The van der Waals surface area contributed by atoms with E-state index in [-0.39, 0.29) is 23.9 Å². The highest BCUT2D eigenvalue weighted by molar-refractivity contribution is 5.62. The third-order valence-corrected chi connectivity index (χ3v) is 5.83. The van der Waals surface area contributed by atoms with Crippen molar-refractivity contribution in [3.8, 4) is 17.2 Å². The molecule has 0 aliphatic carbocycles. The molecule has 2 saturated heterocycles. The van der Waals surface area contributed by atoms with Crippen LogP contribution in [0.15, 0.2) is 18.2 Å². The van der Waals surface area contributed by atoms with E-state index in [9.17, 15) is 30.6 Å². The molecule has 0 bridgehead atoms. The van der Waals surface area contributed by atoms with Crippen molar-refractivity contribution < 1.29 is 64.2 Å². The van der Waals surface area contributed by atoms with E-state index in [0.717, 1.165) is 0 Å². The lowest BCUT2D eigenvalue weighted by Crippen LogP contribution is -2.62. The minimum Gasteiger partial charge on any atom is -0.493 e. The van der Waals surface area contributed by atoms with Crippen LogP contribution < -0.4 is 14.2 Å². The van der Waals surface area contributed by atoms with Crippen molar-refractivity contribution in [3.05, 3.63) is 23.8 Å². The molecule has 8 atom stereocenters. The van der Waals surface area contributed by atoms with Gasteiger partial charge in [0, 0.05) is 0 Å². The fraction of sp³-hybridized carbons (Fsp3) is 0.636. The molecule has 35 heavy (non-hydrogen) atoms. The summed E-state index contributed by atoms with van der Waals surface area (Å²) >= 11 is 0. The van der Waals surface area contributed by atoms with Crippen LogP contribution in [0.2, 0.25) is 0 Å². The summed E-state index contributed by atoms with van der Waals surface area (Å²) in [6.07, 6.45) is -7.53. The van der Waals surface area contributed by atoms with Crippen LogP contribution in [-0.2, 0) is 14.2 Å². The Labute approximate surface area is 201 Å². The third kappa shape index (κ3) is 5.70. The summed E-state index contributed by atoms with van der Waals surface area (Å²) in [5.41, 5.74) is -1.36. The van der Waals surface area contributed by atoms with Gasteiger partial charge in [0.05, 0.1) is 40.6 Å². The number of ether oxygens (including phenoxy) is 6. The molecule has 13 nitrogen and oxygen atoms in total. The van der Waals surface area contributed by atoms with Crippen LogP contribution in [-0.4, -0.2) is 125 Å². The Morgan fingerprint density at radius 3 is 2.20 bits per heavy atom. The summed E-state index contributed by atoms with van der Waals surface area (Å²) in [5.74, 6) is 0.438. The van der Waals surface area contributed by atoms with Crippen LogP contribution in [0.1, 0.15) is 5.56 Å². The molecule has 1 aromatic rings. The molecule has 13 heteroatoms. The van der Waals surface area contributed by atoms with E-state index < -0.39 is 68.5 Å². The molecule has 2 heterocycles. The number of aliphatic hydroxyl groups excluding tert-OH is 6. The second kappa shape index (κ2) is 11.8. The van der Waals surface area contributed by atoms with Crippen molar-refractivity contribution in [3.63, 3.8) is 0 Å². The van der Waals surface area contributed by atoms with Crippen LogP contribution in [0.4, 0.5) is 0 Å². The second-order valence-electron chi connectivity index (χ2n) is 8.15. The van der Waals surface area contributed by atoms with Crippen molar-refractivity contribution in [2.75, 3.05) is 40.6 Å². The number of hydrogen-bond donors (Lipinski definition) is 7. The summed E-state index contributed by atoms with van der Waals surface area (Å²) in [6.45, 7) is -2.09. The molecule has 0 amide bonds. The van der Waals surface area contributed by atoms with Gasteiger partial charge in [0.25, 0.3) is 0 Å². The molecular weight excluding hydrogens is 472 g/mol. The number of rotatable bonds is 10. The first-order valence-corrected chi connectivity index (χ1v) is 10.8. The maximum absolute atomic E-state index is 10.9. The molecule has 7 N–H and O–H groups in total. The molecule has 2 fully saturated rings. The van der Waals surface area contributed by atoms with Gasteiger partial charge < -0.3 is 64.2 Å². The monoisotopic (exact) mass is 504 g/mol. The first-order valence-electron chi connectivity index (χ1n) is 10.8. The Bertz CT molecular complexity index is 839. The first-order chi connectivity index (χ1) is 16.7. The third-order valence-electron chi connectivity index (χ3n) is 5.83. The van der Waals surface area contributed by atoms with Gasteiger partial charge in [-0.3, -0.25) is 0 Å². The Morgan fingerprint density at radius 2 is 1.69 bits per heavy atom. The Kier molecular flexibility index (Phi) is 9.28. The number of hydrogen-bond acceptors (Lipinski definition) is 13. The molecular formula is C22H32O13. The molecule has 0 saturated carbocycles. The Hall–Kier alpha value is -2.04. The van der Waals surface area contributed by atoms with Crippen molar-refractivity contribution in [2.24, 2.45) is 0 Å². The van der Waals surface area contributed by atoms with E-state index in [1.165, 1.54) is 20.3 Å². The van der Waals surface area contributed by atoms with Gasteiger partial charge in [-0.15, -0.1) is 0 Å². The predicted octanol–water partition coefficient (Wildman–Crippen LogP) is -2.65. The second-order valence-corrected chi connectivity index (χ2v) is 8.15. The zero-order chi connectivity index (χ0) is 25.8. The largest absolute Gasteiger partial charge is 0.493 e. The Balaban J connectivity index is 1.86. The van der Waals surface area contributed by atoms with Gasteiger partial charge in [0.1, 0.15) is 36.1 Å². The average molecular weight is 504 g/mol. The van der Waals surface area contributed by atoms with Gasteiger partial charge in [-0.25, -0.2) is 0 Å². The average Bonchev–Trinajstić information content (AvgIpc) is 3.15. The highest BCUT2D eigenvalue weighted by Gasteiger charge is 2.53. The van der Waals surface area contributed by atoms with Crippen molar-refractivity contribution in [2.45, 2.75) is 48.7 Å². The maximum atomic E-state index is 10.9. The summed E-state index contributed by atoms with van der Waals surface area (Å²) in [5, 5.41) is 70.0. The van der Waals surface area contributed by atoms with Gasteiger partial charge in [-0.05, 0) is 17.7 Å². The SMILES string of the molecule is COc1cc(C=CCO)cc(OC)c1O[C@@H]1O[C@H](CO)[C@@H](O)[C@H](O[C@@H]2OC[C@](O)(CO)[C@H]2O)[C@H]1O. The number of aliphatic hydroxyl groups is 7. The van der Waals surface area contributed by atoms with E-state index in [1.807, 2.05) is 0 Å². The van der Waals surface area contributed by atoms with E-state index in [0.29, 0.717) is 5.56 Å². The lowest BCUT2D eigenvalue weighted by molar-refractivity contribution is -0.313. The molecule has 198 valence electrons. The van der Waals surface area contributed by atoms with Crippen LogP contribution in [0.5, 0.6) is 17.2 Å². The lowest BCUT2D eigenvalue weighted by Gasteiger charge is -2.42. The van der Waals surface area contributed by atoms with E-state index in [4.69, 9.17) is 33.5 Å². The van der Waals surface area contributed by atoms with Gasteiger partial charge in [0.2, 0.25) is 12.0 Å². The van der Waals surface area contributed by atoms with Crippen molar-refractivity contribution in [1.29, 1.82) is 0 Å². The van der Waals surface area contributed by atoms with Crippen molar-refractivity contribution in [1.82, 2.24) is 0 Å². The fourth-order valence-corrected chi connectivity index (χ4v) is 3.79. The van der Waals surface area contributed by atoms with E-state index >= 15 is 0 Å². The highest BCUT2D eigenvalue weighted by atomic mass is 16.7. The molecule has 2 aliphatic heterocycles. The van der Waals surface area contributed by atoms with Crippen LogP contribution in [0, 0.1) is 0 Å². The number of methoxy groups -OCH3 is 2. The molecule has 0 spiro atoms. The van der Waals surface area contributed by atoms with Crippen LogP contribution >= 0.6 is 0 Å². The summed E-state index contributed by atoms with van der Waals surface area (Å²) in [7, 11) is 2.76. The maximum Gasteiger partial charge on any atom is 0.229 e. The summed E-state index contributed by atoms with van der Waals surface area (Å²) < 4.78 is 32.9. The lowest BCUT2D eigenvalue weighted by atomic mass is 9.98. The van der Waals surface area contributed by atoms with Gasteiger partial charge >= 0.3 is 0 Å². The molecule has 1 aromatic carbocycles. The molecule has 0 radical (unpaired) electrons. The first kappa shape index (κ1) is 27.5. The number of benzene rings is 1. The topological polar surface area (TPSA) is 197 Å². The van der Waals surface area contributed by atoms with Crippen LogP contribution in [0.3, 0.4) is 0 Å². The zero-order valence-corrected chi connectivity index (χ0v) is 19.3. The summed E-state index contributed by atoms with van der Waals surface area (Å²) in [6, 6.07) is 3.17. The van der Waals surface area contributed by atoms with E-state index in [1.54, 1.807) is 18.2 Å². The van der Waals surface area contributed by atoms with Crippen LogP contribution in [0.25, 0.3) is 6.08 Å². The van der Waals surface area contributed by atoms with Gasteiger partial charge in [-0.1, -0.05) is 12.2 Å². The minimum atomic E-state index is -1.98. The standard InChI is InChI=1S/C22H32O13/c1-30-12-6-11(4-3-5-23)7-13(31-2)17(12)34-20-16(27)18(15(26)14(8-24)33-20)35-21-19(28)22(29,9-25)10-32-21/h3-4,6-7,14-16,18-21,23-29H,5,8-10H2,1-2H3/t14-,15-,16-,18+,19+,20+,21+,22-/m1/s1. The highest BCUT2D eigenvalue weighted by Crippen LogP contribution is 2.41. The molecule has 2 aliphatic rings. The molecule has 0 aromatic heterocycles.